The number of phenolic OH excluding ortho intramolecular Hbond substituents is 1. The SMILES string of the molecule is O=C(CCCCCCCCCCCc1cccc(O)c1)NO. The topological polar surface area (TPSA) is 69.6 Å². The van der Waals surface area contributed by atoms with E-state index in [1.54, 1.807) is 11.5 Å². The number of benzene rings is 1. The number of aromatic hydroxyl groups is 1. The molecule has 0 aliphatic rings. The van der Waals surface area contributed by atoms with Gasteiger partial charge in [-0.1, -0.05) is 57.1 Å². The van der Waals surface area contributed by atoms with Gasteiger partial charge >= 0.3 is 0 Å². The Morgan fingerprint density at radius 2 is 1.50 bits per heavy atom. The zero-order valence-corrected chi connectivity index (χ0v) is 13.4. The number of rotatable bonds is 12. The van der Waals surface area contributed by atoms with Gasteiger partial charge in [0.25, 0.3) is 0 Å². The second-order valence-electron chi connectivity index (χ2n) is 5.89. The number of unbranched alkanes of at least 4 members (excludes halogenated alkanes) is 8. The first-order chi connectivity index (χ1) is 10.7. The maximum Gasteiger partial charge on any atom is 0.243 e. The first kappa shape index (κ1) is 18.5. The van der Waals surface area contributed by atoms with E-state index in [0.717, 1.165) is 19.3 Å². The van der Waals surface area contributed by atoms with Crippen LogP contribution in [0.25, 0.3) is 0 Å². The average Bonchev–Trinajstić information content (AvgIpc) is 2.52. The fraction of sp³-hybridized carbons (Fsp3) is 0.611. The van der Waals surface area contributed by atoms with E-state index in [1.807, 2.05) is 12.1 Å². The summed E-state index contributed by atoms with van der Waals surface area (Å²) in [7, 11) is 0. The molecule has 0 heterocycles. The van der Waals surface area contributed by atoms with Crippen LogP contribution in [-0.2, 0) is 11.2 Å². The average molecular weight is 307 g/mol. The smallest absolute Gasteiger partial charge is 0.243 e. The van der Waals surface area contributed by atoms with Crippen LogP contribution >= 0.6 is 0 Å². The van der Waals surface area contributed by atoms with Crippen LogP contribution in [0.2, 0.25) is 0 Å². The normalized spacial score (nSPS) is 10.6. The molecule has 22 heavy (non-hydrogen) atoms. The molecule has 0 radical (unpaired) electrons. The highest BCUT2D eigenvalue weighted by molar-refractivity contribution is 5.74. The molecule has 0 aliphatic heterocycles. The van der Waals surface area contributed by atoms with Gasteiger partial charge in [-0.3, -0.25) is 10.0 Å². The summed E-state index contributed by atoms with van der Waals surface area (Å²) in [5.74, 6) is 0.0701. The van der Waals surface area contributed by atoms with E-state index in [9.17, 15) is 9.90 Å². The molecule has 4 heteroatoms. The summed E-state index contributed by atoms with van der Waals surface area (Å²) in [4.78, 5) is 10.8. The van der Waals surface area contributed by atoms with Gasteiger partial charge in [-0.25, -0.2) is 5.48 Å². The van der Waals surface area contributed by atoms with Crippen LogP contribution in [0.5, 0.6) is 5.75 Å². The number of hydrogen-bond donors (Lipinski definition) is 3. The second kappa shape index (κ2) is 12.0. The second-order valence-corrected chi connectivity index (χ2v) is 5.89. The zero-order valence-electron chi connectivity index (χ0n) is 13.4. The lowest BCUT2D eigenvalue weighted by Crippen LogP contribution is -2.17. The molecule has 1 aromatic carbocycles. The van der Waals surface area contributed by atoms with Crippen molar-refractivity contribution in [1.82, 2.24) is 5.48 Å². The summed E-state index contributed by atoms with van der Waals surface area (Å²) < 4.78 is 0. The monoisotopic (exact) mass is 307 g/mol. The first-order valence-electron chi connectivity index (χ1n) is 8.43. The van der Waals surface area contributed by atoms with E-state index in [4.69, 9.17) is 5.21 Å². The van der Waals surface area contributed by atoms with Crippen LogP contribution in [0.1, 0.15) is 69.8 Å². The van der Waals surface area contributed by atoms with Crippen molar-refractivity contribution in [3.63, 3.8) is 0 Å². The molecule has 0 aromatic heterocycles. The molecule has 124 valence electrons. The van der Waals surface area contributed by atoms with E-state index >= 15 is 0 Å². The van der Waals surface area contributed by atoms with E-state index in [0.29, 0.717) is 12.2 Å². The minimum atomic E-state index is -0.285. The van der Waals surface area contributed by atoms with Crippen LogP contribution in [-0.4, -0.2) is 16.2 Å². The largest absolute Gasteiger partial charge is 0.508 e. The lowest BCUT2D eigenvalue weighted by Gasteiger charge is -2.04. The van der Waals surface area contributed by atoms with Gasteiger partial charge in [0.2, 0.25) is 5.91 Å². The molecule has 0 saturated heterocycles. The van der Waals surface area contributed by atoms with E-state index in [2.05, 4.69) is 6.07 Å². The molecule has 1 amide bonds. The molecular formula is C18H29NO3. The van der Waals surface area contributed by atoms with Gasteiger partial charge in [0.15, 0.2) is 0 Å². The van der Waals surface area contributed by atoms with Crippen molar-refractivity contribution >= 4 is 5.91 Å². The highest BCUT2D eigenvalue weighted by Crippen LogP contribution is 2.15. The standard InChI is InChI=1S/C18H29NO3/c20-17-13-10-12-16(15-17)11-8-6-4-2-1-3-5-7-9-14-18(21)19-22/h10,12-13,15,20,22H,1-9,11,14H2,(H,19,21). The Kier molecular flexibility index (Phi) is 10.1. The molecule has 0 atom stereocenters. The van der Waals surface area contributed by atoms with Crippen molar-refractivity contribution < 1.29 is 15.1 Å². The summed E-state index contributed by atoms with van der Waals surface area (Å²) in [6, 6.07) is 7.52. The Morgan fingerprint density at radius 3 is 2.09 bits per heavy atom. The quantitative estimate of drug-likeness (QED) is 0.305. The van der Waals surface area contributed by atoms with Gasteiger partial charge in [-0.05, 0) is 37.0 Å². The van der Waals surface area contributed by atoms with Gasteiger partial charge in [0.1, 0.15) is 5.75 Å². The van der Waals surface area contributed by atoms with E-state index < -0.39 is 0 Å². The highest BCUT2D eigenvalue weighted by Gasteiger charge is 1.99. The number of hydroxylamine groups is 1. The first-order valence-corrected chi connectivity index (χ1v) is 8.43. The summed E-state index contributed by atoms with van der Waals surface area (Å²) in [5, 5.41) is 17.7. The maximum absolute atomic E-state index is 10.8. The van der Waals surface area contributed by atoms with Gasteiger partial charge in [-0.15, -0.1) is 0 Å². The summed E-state index contributed by atoms with van der Waals surface area (Å²) in [5.41, 5.74) is 2.87. The molecular weight excluding hydrogens is 278 g/mol. The predicted molar refractivity (Wildman–Crippen MR) is 87.9 cm³/mol. The van der Waals surface area contributed by atoms with Crippen LogP contribution in [0.3, 0.4) is 0 Å². The van der Waals surface area contributed by atoms with Crippen molar-refractivity contribution in [2.45, 2.75) is 70.6 Å². The van der Waals surface area contributed by atoms with Gasteiger partial charge in [0.05, 0.1) is 0 Å². The molecule has 0 saturated carbocycles. The summed E-state index contributed by atoms with van der Waals surface area (Å²) >= 11 is 0. The van der Waals surface area contributed by atoms with Crippen molar-refractivity contribution in [3.8, 4) is 5.75 Å². The van der Waals surface area contributed by atoms with Gasteiger partial charge in [-0.2, -0.15) is 0 Å². The van der Waals surface area contributed by atoms with Crippen LogP contribution < -0.4 is 5.48 Å². The molecule has 4 nitrogen and oxygen atoms in total. The molecule has 1 aromatic rings. The Morgan fingerprint density at radius 1 is 0.909 bits per heavy atom. The van der Waals surface area contributed by atoms with Crippen LogP contribution in [0.15, 0.2) is 24.3 Å². The number of carbonyl (C=O) groups is 1. The van der Waals surface area contributed by atoms with Crippen molar-refractivity contribution in [2.24, 2.45) is 0 Å². The molecule has 0 aliphatic carbocycles. The van der Waals surface area contributed by atoms with Crippen molar-refractivity contribution in [3.05, 3.63) is 29.8 Å². The Balaban J connectivity index is 1.85. The minimum absolute atomic E-state index is 0.285. The number of aryl methyl sites for hydroxylation is 1. The highest BCUT2D eigenvalue weighted by atomic mass is 16.5. The molecule has 0 unspecified atom stereocenters. The molecule has 0 spiro atoms. The van der Waals surface area contributed by atoms with Gasteiger partial charge in [0, 0.05) is 6.42 Å². The van der Waals surface area contributed by atoms with E-state index in [1.165, 1.54) is 50.5 Å². The third-order valence-corrected chi connectivity index (χ3v) is 3.90. The van der Waals surface area contributed by atoms with Crippen molar-refractivity contribution in [2.75, 3.05) is 0 Å². The number of carbonyl (C=O) groups excluding carboxylic acids is 1. The lowest BCUT2D eigenvalue weighted by molar-refractivity contribution is -0.129. The number of phenols is 1. The third-order valence-electron chi connectivity index (χ3n) is 3.90. The maximum atomic E-state index is 10.8. The Labute approximate surface area is 133 Å². The Bertz CT molecular complexity index is 421. The number of hydrogen-bond acceptors (Lipinski definition) is 3. The minimum Gasteiger partial charge on any atom is -0.508 e. The zero-order chi connectivity index (χ0) is 16.0. The lowest BCUT2D eigenvalue weighted by atomic mass is 10.0. The van der Waals surface area contributed by atoms with Gasteiger partial charge < -0.3 is 5.11 Å². The predicted octanol–water partition coefficient (Wildman–Crippen LogP) is 4.34. The third kappa shape index (κ3) is 9.40. The summed E-state index contributed by atoms with van der Waals surface area (Å²) in [6.07, 6.45) is 12.0. The van der Waals surface area contributed by atoms with Crippen LogP contribution in [0, 0.1) is 0 Å². The molecule has 0 bridgehead atoms. The fourth-order valence-corrected chi connectivity index (χ4v) is 2.62. The number of nitrogens with one attached hydrogen (secondary N) is 1. The summed E-state index contributed by atoms with van der Waals surface area (Å²) in [6.45, 7) is 0. The van der Waals surface area contributed by atoms with E-state index in [-0.39, 0.29) is 5.91 Å². The molecule has 3 N–H and O–H groups in total. The van der Waals surface area contributed by atoms with Crippen molar-refractivity contribution in [1.29, 1.82) is 0 Å². The molecule has 1 rings (SSSR count). The number of amides is 1. The fourth-order valence-electron chi connectivity index (χ4n) is 2.62. The Hall–Kier alpha value is -1.55. The molecule has 0 fully saturated rings. The van der Waals surface area contributed by atoms with Crippen LogP contribution in [0.4, 0.5) is 0 Å².